The molecule has 0 radical (unpaired) electrons. The van der Waals surface area contributed by atoms with Crippen molar-refractivity contribution in [3.63, 3.8) is 0 Å². The standard InChI is InChI=1S/C12H18BrNO3/c1-17-8-11(7-15)14-6-12(16)9-3-2-4-10(13)5-9/h2-5,11-12,14-16H,6-8H2,1H3. The third kappa shape index (κ3) is 5.14. The monoisotopic (exact) mass is 303 g/mol. The molecule has 96 valence electrons. The van der Waals surface area contributed by atoms with Crippen molar-refractivity contribution in [3.05, 3.63) is 34.3 Å². The number of ether oxygens (including phenoxy) is 1. The van der Waals surface area contributed by atoms with Gasteiger partial charge in [-0.15, -0.1) is 0 Å². The maximum atomic E-state index is 9.95. The summed E-state index contributed by atoms with van der Waals surface area (Å²) in [6, 6.07) is 7.37. The number of halogens is 1. The van der Waals surface area contributed by atoms with Crippen LogP contribution in [-0.4, -0.2) is 43.1 Å². The van der Waals surface area contributed by atoms with E-state index < -0.39 is 6.10 Å². The molecule has 5 heteroatoms. The number of rotatable bonds is 7. The maximum absolute atomic E-state index is 9.95. The van der Waals surface area contributed by atoms with Crippen LogP contribution in [-0.2, 0) is 4.74 Å². The molecule has 0 saturated heterocycles. The van der Waals surface area contributed by atoms with E-state index in [1.807, 2.05) is 24.3 Å². The predicted octanol–water partition coefficient (Wildman–Crippen LogP) is 1.08. The van der Waals surface area contributed by atoms with Gasteiger partial charge < -0.3 is 20.3 Å². The molecule has 4 nitrogen and oxygen atoms in total. The second kappa shape index (κ2) is 7.79. The highest BCUT2D eigenvalue weighted by Crippen LogP contribution is 2.17. The summed E-state index contributed by atoms with van der Waals surface area (Å²) in [6.07, 6.45) is -0.599. The first-order chi connectivity index (χ1) is 8.17. The zero-order valence-electron chi connectivity index (χ0n) is 9.77. The van der Waals surface area contributed by atoms with Crippen LogP contribution in [0.3, 0.4) is 0 Å². The molecule has 0 aliphatic heterocycles. The number of aliphatic hydroxyl groups excluding tert-OH is 2. The zero-order chi connectivity index (χ0) is 12.7. The average Bonchev–Trinajstić information content (AvgIpc) is 2.34. The summed E-state index contributed by atoms with van der Waals surface area (Å²) in [5.41, 5.74) is 0.834. The molecule has 1 aromatic rings. The summed E-state index contributed by atoms with van der Waals surface area (Å²) in [7, 11) is 1.58. The van der Waals surface area contributed by atoms with Crippen molar-refractivity contribution in [2.45, 2.75) is 12.1 Å². The summed E-state index contributed by atoms with van der Waals surface area (Å²) in [5.74, 6) is 0. The Morgan fingerprint density at radius 2 is 2.24 bits per heavy atom. The summed E-state index contributed by atoms with van der Waals surface area (Å²) < 4.78 is 5.88. The molecule has 0 fully saturated rings. The SMILES string of the molecule is COCC(CO)NCC(O)c1cccc(Br)c1. The molecule has 0 aliphatic rings. The van der Waals surface area contributed by atoms with E-state index >= 15 is 0 Å². The molecule has 1 rings (SSSR count). The molecule has 17 heavy (non-hydrogen) atoms. The third-order valence-electron chi connectivity index (χ3n) is 2.42. The molecule has 3 N–H and O–H groups in total. The van der Waals surface area contributed by atoms with Crippen LogP contribution in [0.5, 0.6) is 0 Å². The Morgan fingerprint density at radius 3 is 2.82 bits per heavy atom. The van der Waals surface area contributed by atoms with Crippen molar-refractivity contribution < 1.29 is 14.9 Å². The fourth-order valence-corrected chi connectivity index (χ4v) is 1.90. The van der Waals surface area contributed by atoms with Gasteiger partial charge in [0.25, 0.3) is 0 Å². The Hall–Kier alpha value is -0.460. The summed E-state index contributed by atoms with van der Waals surface area (Å²) in [5, 5.41) is 22.1. The number of hydrogen-bond acceptors (Lipinski definition) is 4. The van der Waals surface area contributed by atoms with E-state index in [0.29, 0.717) is 13.2 Å². The van der Waals surface area contributed by atoms with Gasteiger partial charge in [0.2, 0.25) is 0 Å². The highest BCUT2D eigenvalue weighted by atomic mass is 79.9. The Kier molecular flexibility index (Phi) is 6.69. The van der Waals surface area contributed by atoms with Crippen LogP contribution in [0, 0.1) is 0 Å². The minimum Gasteiger partial charge on any atom is -0.395 e. The summed E-state index contributed by atoms with van der Waals surface area (Å²) >= 11 is 3.36. The topological polar surface area (TPSA) is 61.7 Å². The normalized spacial score (nSPS) is 14.6. The number of nitrogens with one attached hydrogen (secondary N) is 1. The predicted molar refractivity (Wildman–Crippen MR) is 69.9 cm³/mol. The molecule has 0 saturated carbocycles. The molecule has 2 atom stereocenters. The van der Waals surface area contributed by atoms with Gasteiger partial charge in [0.1, 0.15) is 0 Å². The van der Waals surface area contributed by atoms with Crippen molar-refractivity contribution in [1.82, 2.24) is 5.32 Å². The minimum atomic E-state index is -0.599. The molecule has 0 bridgehead atoms. The molecule has 2 unspecified atom stereocenters. The van der Waals surface area contributed by atoms with Gasteiger partial charge in [-0.05, 0) is 17.7 Å². The first-order valence-corrected chi connectivity index (χ1v) is 6.23. The van der Waals surface area contributed by atoms with Crippen LogP contribution in [0.15, 0.2) is 28.7 Å². The quantitative estimate of drug-likeness (QED) is 0.705. The smallest absolute Gasteiger partial charge is 0.0914 e. The second-order valence-corrected chi connectivity index (χ2v) is 4.73. The van der Waals surface area contributed by atoms with Crippen molar-refractivity contribution >= 4 is 15.9 Å². The Balaban J connectivity index is 2.46. The Morgan fingerprint density at radius 1 is 1.47 bits per heavy atom. The average molecular weight is 304 g/mol. The van der Waals surface area contributed by atoms with Crippen LogP contribution in [0.2, 0.25) is 0 Å². The third-order valence-corrected chi connectivity index (χ3v) is 2.91. The van der Waals surface area contributed by atoms with E-state index in [9.17, 15) is 5.11 Å². The van der Waals surface area contributed by atoms with Gasteiger partial charge in [0, 0.05) is 18.1 Å². The highest BCUT2D eigenvalue weighted by Gasteiger charge is 2.11. The van der Waals surface area contributed by atoms with E-state index in [-0.39, 0.29) is 12.6 Å². The lowest BCUT2D eigenvalue weighted by molar-refractivity contribution is 0.111. The van der Waals surface area contributed by atoms with E-state index in [1.165, 1.54) is 0 Å². The van der Waals surface area contributed by atoms with Crippen LogP contribution in [0.25, 0.3) is 0 Å². The lowest BCUT2D eigenvalue weighted by Crippen LogP contribution is -2.38. The van der Waals surface area contributed by atoms with Crippen LogP contribution in [0.1, 0.15) is 11.7 Å². The van der Waals surface area contributed by atoms with Gasteiger partial charge in [0.15, 0.2) is 0 Å². The lowest BCUT2D eigenvalue weighted by atomic mass is 10.1. The fraction of sp³-hybridized carbons (Fsp3) is 0.500. The number of aliphatic hydroxyl groups is 2. The molecule has 0 amide bonds. The van der Waals surface area contributed by atoms with Gasteiger partial charge in [-0.3, -0.25) is 0 Å². The number of methoxy groups -OCH3 is 1. The Bertz CT molecular complexity index is 335. The summed E-state index contributed by atoms with van der Waals surface area (Å²) in [6.45, 7) is 0.784. The second-order valence-electron chi connectivity index (χ2n) is 3.81. The molecule has 0 aliphatic carbocycles. The van der Waals surface area contributed by atoms with E-state index in [2.05, 4.69) is 21.2 Å². The van der Waals surface area contributed by atoms with Crippen molar-refractivity contribution in [3.8, 4) is 0 Å². The van der Waals surface area contributed by atoms with Gasteiger partial charge in [0.05, 0.1) is 25.4 Å². The molecular weight excluding hydrogens is 286 g/mol. The van der Waals surface area contributed by atoms with Crippen LogP contribution in [0.4, 0.5) is 0 Å². The lowest BCUT2D eigenvalue weighted by Gasteiger charge is -2.18. The van der Waals surface area contributed by atoms with Crippen molar-refractivity contribution in [2.24, 2.45) is 0 Å². The van der Waals surface area contributed by atoms with Crippen LogP contribution >= 0.6 is 15.9 Å². The fourth-order valence-electron chi connectivity index (χ4n) is 1.49. The van der Waals surface area contributed by atoms with E-state index in [1.54, 1.807) is 7.11 Å². The largest absolute Gasteiger partial charge is 0.395 e. The van der Waals surface area contributed by atoms with Gasteiger partial charge in [-0.25, -0.2) is 0 Å². The first kappa shape index (κ1) is 14.6. The number of benzene rings is 1. The van der Waals surface area contributed by atoms with Crippen molar-refractivity contribution in [2.75, 3.05) is 26.9 Å². The van der Waals surface area contributed by atoms with Crippen molar-refractivity contribution in [1.29, 1.82) is 0 Å². The zero-order valence-corrected chi connectivity index (χ0v) is 11.4. The summed E-state index contributed by atoms with van der Waals surface area (Å²) in [4.78, 5) is 0. The molecule has 0 spiro atoms. The van der Waals surface area contributed by atoms with Gasteiger partial charge >= 0.3 is 0 Å². The van der Waals surface area contributed by atoms with E-state index in [4.69, 9.17) is 9.84 Å². The van der Waals surface area contributed by atoms with E-state index in [0.717, 1.165) is 10.0 Å². The minimum absolute atomic E-state index is 0.0148. The molecule has 0 heterocycles. The highest BCUT2D eigenvalue weighted by molar-refractivity contribution is 9.10. The molecule has 1 aromatic carbocycles. The maximum Gasteiger partial charge on any atom is 0.0914 e. The van der Waals surface area contributed by atoms with Gasteiger partial charge in [-0.2, -0.15) is 0 Å². The molecule has 0 aromatic heterocycles. The van der Waals surface area contributed by atoms with Gasteiger partial charge in [-0.1, -0.05) is 28.1 Å². The first-order valence-electron chi connectivity index (χ1n) is 5.44. The molecular formula is C12H18BrNO3. The number of hydrogen-bond donors (Lipinski definition) is 3. The Labute approximate surface area is 110 Å². The van der Waals surface area contributed by atoms with Crippen LogP contribution < -0.4 is 5.32 Å².